The molecule has 94 valence electrons. The fourth-order valence-electron chi connectivity index (χ4n) is 3.11. The van der Waals surface area contributed by atoms with Crippen LogP contribution in [0.15, 0.2) is 0 Å². The molecule has 3 heteroatoms. The number of rotatable bonds is 5. The van der Waals surface area contributed by atoms with Crippen molar-refractivity contribution in [2.75, 3.05) is 32.7 Å². The quantitative estimate of drug-likeness (QED) is 0.738. The van der Waals surface area contributed by atoms with Crippen molar-refractivity contribution in [2.45, 2.75) is 44.6 Å². The van der Waals surface area contributed by atoms with Gasteiger partial charge in [-0.2, -0.15) is 0 Å². The summed E-state index contributed by atoms with van der Waals surface area (Å²) in [5.41, 5.74) is 6.26. The molecule has 1 atom stereocenters. The third-order valence-corrected chi connectivity index (χ3v) is 4.23. The molecule has 1 saturated carbocycles. The Hall–Kier alpha value is -0.120. The van der Waals surface area contributed by atoms with E-state index in [1.165, 1.54) is 58.2 Å². The largest absolute Gasteiger partial charge is 0.327 e. The van der Waals surface area contributed by atoms with Crippen LogP contribution >= 0.6 is 0 Å². The number of hydrogen-bond donors (Lipinski definition) is 2. The van der Waals surface area contributed by atoms with Crippen molar-refractivity contribution in [1.29, 1.82) is 0 Å². The standard InChI is InChI=1S/C13H27N3/c14-13(12-4-1-2-5-12)6-3-9-16-10-7-15-8-11-16/h12-13,15H,1-11,14H2. The summed E-state index contributed by atoms with van der Waals surface area (Å²) in [7, 11) is 0. The van der Waals surface area contributed by atoms with E-state index in [0.717, 1.165) is 19.0 Å². The van der Waals surface area contributed by atoms with Crippen LogP contribution in [0, 0.1) is 5.92 Å². The number of nitrogens with zero attached hydrogens (tertiary/aromatic N) is 1. The van der Waals surface area contributed by atoms with Crippen LogP contribution in [0.3, 0.4) is 0 Å². The molecule has 3 N–H and O–H groups in total. The Bertz CT molecular complexity index is 184. The molecule has 2 rings (SSSR count). The van der Waals surface area contributed by atoms with Gasteiger partial charge in [0.2, 0.25) is 0 Å². The zero-order valence-corrected chi connectivity index (χ0v) is 10.5. The number of nitrogens with one attached hydrogen (secondary N) is 1. The topological polar surface area (TPSA) is 41.3 Å². The van der Waals surface area contributed by atoms with Gasteiger partial charge in [-0.3, -0.25) is 0 Å². The molecule has 16 heavy (non-hydrogen) atoms. The van der Waals surface area contributed by atoms with Crippen LogP contribution in [0.2, 0.25) is 0 Å². The van der Waals surface area contributed by atoms with E-state index in [9.17, 15) is 0 Å². The fourth-order valence-corrected chi connectivity index (χ4v) is 3.11. The molecule has 0 aromatic heterocycles. The molecule has 0 aromatic carbocycles. The number of piperazine rings is 1. The summed E-state index contributed by atoms with van der Waals surface area (Å²) in [5.74, 6) is 0.836. The third-order valence-electron chi connectivity index (χ3n) is 4.23. The van der Waals surface area contributed by atoms with Gasteiger partial charge in [0.1, 0.15) is 0 Å². The first-order chi connectivity index (χ1) is 7.86. The van der Waals surface area contributed by atoms with Crippen molar-refractivity contribution >= 4 is 0 Å². The molecule has 0 amide bonds. The molecule has 1 heterocycles. The van der Waals surface area contributed by atoms with Gasteiger partial charge in [-0.15, -0.1) is 0 Å². The Morgan fingerprint density at radius 3 is 2.56 bits per heavy atom. The molecule has 0 bridgehead atoms. The summed E-state index contributed by atoms with van der Waals surface area (Å²) in [4.78, 5) is 2.57. The van der Waals surface area contributed by atoms with Crippen molar-refractivity contribution < 1.29 is 0 Å². The smallest absolute Gasteiger partial charge is 0.0107 e. The monoisotopic (exact) mass is 225 g/mol. The van der Waals surface area contributed by atoms with Crippen LogP contribution in [0.1, 0.15) is 38.5 Å². The van der Waals surface area contributed by atoms with E-state index in [1.54, 1.807) is 0 Å². The second-order valence-electron chi connectivity index (χ2n) is 5.44. The van der Waals surface area contributed by atoms with E-state index in [0.29, 0.717) is 6.04 Å². The van der Waals surface area contributed by atoms with Gasteiger partial charge >= 0.3 is 0 Å². The lowest BCUT2D eigenvalue weighted by atomic mass is 9.95. The molecule has 1 aliphatic carbocycles. The highest BCUT2D eigenvalue weighted by atomic mass is 15.2. The van der Waals surface area contributed by atoms with Crippen molar-refractivity contribution in [1.82, 2.24) is 10.2 Å². The lowest BCUT2D eigenvalue weighted by Crippen LogP contribution is -2.44. The van der Waals surface area contributed by atoms with Crippen LogP contribution in [0.5, 0.6) is 0 Å². The maximum atomic E-state index is 6.26. The van der Waals surface area contributed by atoms with Crippen LogP contribution in [0.4, 0.5) is 0 Å². The minimum absolute atomic E-state index is 0.477. The average Bonchev–Trinajstić information content (AvgIpc) is 2.84. The summed E-state index contributed by atoms with van der Waals surface area (Å²) in [6, 6.07) is 0.477. The molecule has 0 radical (unpaired) electrons. The van der Waals surface area contributed by atoms with Gasteiger partial charge in [-0.25, -0.2) is 0 Å². The van der Waals surface area contributed by atoms with Crippen LogP contribution in [0.25, 0.3) is 0 Å². The van der Waals surface area contributed by atoms with Crippen LogP contribution < -0.4 is 11.1 Å². The first-order valence-corrected chi connectivity index (χ1v) is 7.05. The van der Waals surface area contributed by atoms with E-state index in [1.807, 2.05) is 0 Å². The lowest BCUT2D eigenvalue weighted by Gasteiger charge is -2.28. The predicted octanol–water partition coefficient (Wildman–Crippen LogP) is 1.19. The van der Waals surface area contributed by atoms with Gasteiger partial charge < -0.3 is 16.0 Å². The molecular weight excluding hydrogens is 198 g/mol. The zero-order valence-electron chi connectivity index (χ0n) is 10.5. The van der Waals surface area contributed by atoms with E-state index >= 15 is 0 Å². The van der Waals surface area contributed by atoms with E-state index < -0.39 is 0 Å². The Kier molecular flexibility index (Phi) is 5.07. The van der Waals surface area contributed by atoms with Crippen LogP contribution in [-0.4, -0.2) is 43.7 Å². The van der Waals surface area contributed by atoms with Gasteiger partial charge in [0, 0.05) is 32.2 Å². The van der Waals surface area contributed by atoms with E-state index in [4.69, 9.17) is 5.73 Å². The first-order valence-electron chi connectivity index (χ1n) is 7.05. The normalized spacial score (nSPS) is 26.1. The second-order valence-corrected chi connectivity index (χ2v) is 5.44. The van der Waals surface area contributed by atoms with E-state index in [-0.39, 0.29) is 0 Å². The minimum atomic E-state index is 0.477. The lowest BCUT2D eigenvalue weighted by molar-refractivity contribution is 0.231. The first kappa shape index (κ1) is 12.3. The second kappa shape index (κ2) is 6.58. The predicted molar refractivity (Wildman–Crippen MR) is 68.5 cm³/mol. The summed E-state index contributed by atoms with van der Waals surface area (Å²) in [6.07, 6.45) is 8.11. The molecule has 0 spiro atoms. The van der Waals surface area contributed by atoms with E-state index in [2.05, 4.69) is 10.2 Å². The van der Waals surface area contributed by atoms with Gasteiger partial charge in [0.15, 0.2) is 0 Å². The Morgan fingerprint density at radius 2 is 1.88 bits per heavy atom. The van der Waals surface area contributed by atoms with Crippen molar-refractivity contribution in [3.05, 3.63) is 0 Å². The Morgan fingerprint density at radius 1 is 1.19 bits per heavy atom. The minimum Gasteiger partial charge on any atom is -0.327 e. The molecule has 2 aliphatic rings. The zero-order chi connectivity index (χ0) is 11.2. The fraction of sp³-hybridized carbons (Fsp3) is 1.00. The molecule has 1 unspecified atom stereocenters. The highest BCUT2D eigenvalue weighted by Gasteiger charge is 2.21. The van der Waals surface area contributed by atoms with Crippen molar-refractivity contribution in [3.8, 4) is 0 Å². The summed E-state index contributed by atoms with van der Waals surface area (Å²) < 4.78 is 0. The number of hydrogen-bond acceptors (Lipinski definition) is 3. The molecule has 0 aromatic rings. The molecule has 1 aliphatic heterocycles. The highest BCUT2D eigenvalue weighted by Crippen LogP contribution is 2.28. The Balaban J connectivity index is 1.56. The highest BCUT2D eigenvalue weighted by molar-refractivity contribution is 4.78. The SMILES string of the molecule is NC(CCCN1CCNCC1)C1CCCC1. The third kappa shape index (κ3) is 3.72. The molecule has 1 saturated heterocycles. The number of nitrogens with two attached hydrogens (primary N) is 1. The maximum absolute atomic E-state index is 6.26. The van der Waals surface area contributed by atoms with Crippen molar-refractivity contribution in [2.24, 2.45) is 11.7 Å². The maximum Gasteiger partial charge on any atom is 0.0107 e. The summed E-state index contributed by atoms with van der Waals surface area (Å²) in [6.45, 7) is 6.02. The van der Waals surface area contributed by atoms with Gasteiger partial charge in [0.25, 0.3) is 0 Å². The van der Waals surface area contributed by atoms with Gasteiger partial charge in [0.05, 0.1) is 0 Å². The van der Waals surface area contributed by atoms with Crippen molar-refractivity contribution in [3.63, 3.8) is 0 Å². The molecule has 3 nitrogen and oxygen atoms in total. The molecule has 2 fully saturated rings. The van der Waals surface area contributed by atoms with Gasteiger partial charge in [-0.1, -0.05) is 12.8 Å². The Labute approximate surface area is 99.8 Å². The molecular formula is C13H27N3. The summed E-state index contributed by atoms with van der Waals surface area (Å²) in [5, 5.41) is 3.39. The van der Waals surface area contributed by atoms with Gasteiger partial charge in [-0.05, 0) is 38.1 Å². The average molecular weight is 225 g/mol. The summed E-state index contributed by atoms with van der Waals surface area (Å²) >= 11 is 0. The van der Waals surface area contributed by atoms with Crippen LogP contribution in [-0.2, 0) is 0 Å².